The molecule has 2 N–H and O–H groups in total. The summed E-state index contributed by atoms with van der Waals surface area (Å²) in [5, 5.41) is 11.5. The Bertz CT molecular complexity index is 109. The van der Waals surface area contributed by atoms with E-state index in [0.717, 1.165) is 12.2 Å². The topological polar surface area (TPSA) is 49.3 Å². The summed E-state index contributed by atoms with van der Waals surface area (Å²) < 4.78 is 0. The largest absolute Gasteiger partial charge is 0.380 e. The standard InChI is InChI=1S/C5H8NO2S/c7-3-6-4-1-2-9-5(4)8/h4-5,8H,1-2H2,(H,6,7). The molecule has 3 nitrogen and oxygen atoms in total. The summed E-state index contributed by atoms with van der Waals surface area (Å²) in [6, 6.07) is -0.0764. The van der Waals surface area contributed by atoms with E-state index in [1.54, 1.807) is 6.41 Å². The third-order valence-electron chi connectivity index (χ3n) is 1.31. The zero-order chi connectivity index (χ0) is 6.69. The molecule has 1 saturated heterocycles. The molecule has 1 radical (unpaired) electrons. The van der Waals surface area contributed by atoms with Crippen LogP contribution in [0.1, 0.15) is 6.42 Å². The van der Waals surface area contributed by atoms with E-state index in [2.05, 4.69) is 5.32 Å². The van der Waals surface area contributed by atoms with Crippen molar-refractivity contribution < 1.29 is 9.90 Å². The van der Waals surface area contributed by atoms with Gasteiger partial charge in [0.2, 0.25) is 0 Å². The molecule has 0 saturated carbocycles. The molecule has 1 aliphatic rings. The van der Waals surface area contributed by atoms with E-state index in [-0.39, 0.29) is 6.04 Å². The van der Waals surface area contributed by atoms with Gasteiger partial charge in [-0.3, -0.25) is 4.79 Å². The fourth-order valence-electron chi connectivity index (χ4n) is 0.794. The fourth-order valence-corrected chi connectivity index (χ4v) is 1.86. The summed E-state index contributed by atoms with van der Waals surface area (Å²) in [6.45, 7) is 0. The number of nitrogens with one attached hydrogen (secondary N) is 1. The summed E-state index contributed by atoms with van der Waals surface area (Å²) in [6.07, 6.45) is 2.42. The Morgan fingerprint density at radius 1 is 1.78 bits per heavy atom. The van der Waals surface area contributed by atoms with Gasteiger partial charge in [-0.15, -0.1) is 11.8 Å². The second-order valence-electron chi connectivity index (χ2n) is 1.90. The molecule has 1 heterocycles. The first-order valence-corrected chi connectivity index (χ1v) is 3.82. The van der Waals surface area contributed by atoms with E-state index in [9.17, 15) is 4.79 Å². The van der Waals surface area contributed by atoms with Gasteiger partial charge in [0.05, 0.1) is 6.04 Å². The highest BCUT2D eigenvalue weighted by Crippen LogP contribution is 2.23. The Labute approximate surface area is 57.8 Å². The van der Waals surface area contributed by atoms with Crippen LogP contribution in [0.5, 0.6) is 0 Å². The number of carbonyl (C=O) groups excluding carboxylic acids is 1. The lowest BCUT2D eigenvalue weighted by molar-refractivity contribution is 0.227. The minimum atomic E-state index is -0.425. The first kappa shape index (κ1) is 6.89. The zero-order valence-electron chi connectivity index (χ0n) is 4.83. The molecule has 9 heavy (non-hydrogen) atoms. The average Bonchev–Trinajstić information content (AvgIpc) is 2.18. The molecule has 0 aromatic rings. The lowest BCUT2D eigenvalue weighted by atomic mass is 10.2. The monoisotopic (exact) mass is 146 g/mol. The third kappa shape index (κ3) is 1.59. The molecule has 2 unspecified atom stereocenters. The van der Waals surface area contributed by atoms with Crippen LogP contribution in [0.4, 0.5) is 0 Å². The summed E-state index contributed by atoms with van der Waals surface area (Å²) in [4.78, 5) is 9.75. The van der Waals surface area contributed by atoms with Gasteiger partial charge in [0, 0.05) is 0 Å². The molecule has 0 bridgehead atoms. The predicted octanol–water partition coefficient (Wildman–Crippen LogP) is -0.533. The van der Waals surface area contributed by atoms with Crippen molar-refractivity contribution in [2.24, 2.45) is 0 Å². The maximum absolute atomic E-state index is 9.75. The van der Waals surface area contributed by atoms with Gasteiger partial charge in [0.25, 0.3) is 0 Å². The number of thioether (sulfide) groups is 1. The maximum atomic E-state index is 9.75. The molecule has 0 spiro atoms. The molecule has 51 valence electrons. The van der Waals surface area contributed by atoms with E-state index in [4.69, 9.17) is 5.11 Å². The van der Waals surface area contributed by atoms with E-state index >= 15 is 0 Å². The number of hydrogen-bond acceptors (Lipinski definition) is 3. The Balaban J connectivity index is 2.30. The first-order valence-electron chi connectivity index (χ1n) is 2.77. The highest BCUT2D eigenvalue weighted by atomic mass is 32.2. The van der Waals surface area contributed by atoms with Gasteiger partial charge in [-0.05, 0) is 12.2 Å². The van der Waals surface area contributed by atoms with Gasteiger partial charge < -0.3 is 10.4 Å². The SMILES string of the molecule is O=[C]NC1CCSC1O. The number of hydrogen-bond donors (Lipinski definition) is 2. The van der Waals surface area contributed by atoms with Crippen LogP contribution in [0.2, 0.25) is 0 Å². The van der Waals surface area contributed by atoms with Crippen LogP contribution in [0, 0.1) is 0 Å². The van der Waals surface area contributed by atoms with Crippen molar-refractivity contribution >= 4 is 18.2 Å². The van der Waals surface area contributed by atoms with Gasteiger partial charge >= 0.3 is 6.41 Å². The minimum Gasteiger partial charge on any atom is -0.380 e. The molecular weight excluding hydrogens is 138 g/mol. The Morgan fingerprint density at radius 2 is 2.56 bits per heavy atom. The zero-order valence-corrected chi connectivity index (χ0v) is 5.65. The van der Waals surface area contributed by atoms with Crippen LogP contribution >= 0.6 is 11.8 Å². The number of rotatable bonds is 2. The van der Waals surface area contributed by atoms with Crippen molar-refractivity contribution in [3.8, 4) is 0 Å². The van der Waals surface area contributed by atoms with Crippen molar-refractivity contribution in [3.05, 3.63) is 0 Å². The van der Waals surface area contributed by atoms with Crippen molar-refractivity contribution in [1.29, 1.82) is 0 Å². The maximum Gasteiger partial charge on any atom is 0.309 e. The summed E-state index contributed by atoms with van der Waals surface area (Å²) in [5.74, 6) is 0.917. The fraction of sp³-hybridized carbons (Fsp3) is 0.800. The van der Waals surface area contributed by atoms with Gasteiger partial charge in [-0.2, -0.15) is 0 Å². The smallest absolute Gasteiger partial charge is 0.309 e. The molecule has 1 rings (SSSR count). The minimum absolute atomic E-state index is 0.0764. The van der Waals surface area contributed by atoms with E-state index < -0.39 is 5.44 Å². The molecule has 1 fully saturated rings. The normalized spacial score (nSPS) is 34.3. The lowest BCUT2D eigenvalue weighted by Gasteiger charge is -2.09. The highest BCUT2D eigenvalue weighted by Gasteiger charge is 2.24. The lowest BCUT2D eigenvalue weighted by Crippen LogP contribution is -2.33. The van der Waals surface area contributed by atoms with Crippen LogP contribution < -0.4 is 5.32 Å². The molecule has 1 amide bonds. The number of aliphatic hydroxyl groups excluding tert-OH is 1. The molecule has 0 aromatic heterocycles. The molecule has 0 aromatic carbocycles. The second-order valence-corrected chi connectivity index (χ2v) is 3.13. The van der Waals surface area contributed by atoms with E-state index in [1.165, 1.54) is 11.8 Å². The van der Waals surface area contributed by atoms with Crippen molar-refractivity contribution in [1.82, 2.24) is 5.32 Å². The van der Waals surface area contributed by atoms with Gasteiger partial charge in [0.15, 0.2) is 0 Å². The van der Waals surface area contributed by atoms with E-state index in [0.29, 0.717) is 0 Å². The quantitative estimate of drug-likeness (QED) is 0.515. The molecule has 2 atom stereocenters. The average molecular weight is 146 g/mol. The Hall–Kier alpha value is -0.220. The van der Waals surface area contributed by atoms with E-state index in [1.807, 2.05) is 0 Å². The number of aliphatic hydroxyl groups is 1. The number of amides is 1. The molecule has 4 heteroatoms. The van der Waals surface area contributed by atoms with Crippen LogP contribution in [0.25, 0.3) is 0 Å². The van der Waals surface area contributed by atoms with Crippen molar-refractivity contribution in [2.75, 3.05) is 5.75 Å². The Kier molecular flexibility index (Phi) is 2.36. The van der Waals surface area contributed by atoms with Crippen LogP contribution in [0.15, 0.2) is 0 Å². The second kappa shape index (κ2) is 3.08. The first-order chi connectivity index (χ1) is 4.34. The summed E-state index contributed by atoms with van der Waals surface area (Å²) >= 11 is 1.46. The molecule has 1 aliphatic heterocycles. The van der Waals surface area contributed by atoms with Crippen molar-refractivity contribution in [3.63, 3.8) is 0 Å². The molecule has 0 aliphatic carbocycles. The Morgan fingerprint density at radius 3 is 3.00 bits per heavy atom. The van der Waals surface area contributed by atoms with Gasteiger partial charge in [-0.1, -0.05) is 0 Å². The third-order valence-corrected chi connectivity index (χ3v) is 2.45. The van der Waals surface area contributed by atoms with Gasteiger partial charge in [0.1, 0.15) is 5.44 Å². The highest BCUT2D eigenvalue weighted by molar-refractivity contribution is 8.00. The predicted molar refractivity (Wildman–Crippen MR) is 35.7 cm³/mol. The van der Waals surface area contributed by atoms with Crippen molar-refractivity contribution in [2.45, 2.75) is 17.9 Å². The van der Waals surface area contributed by atoms with Gasteiger partial charge in [-0.25, -0.2) is 0 Å². The summed E-state index contributed by atoms with van der Waals surface area (Å²) in [7, 11) is 0. The van der Waals surface area contributed by atoms with Crippen LogP contribution in [0.3, 0.4) is 0 Å². The van der Waals surface area contributed by atoms with Crippen LogP contribution in [-0.4, -0.2) is 28.7 Å². The van der Waals surface area contributed by atoms with Crippen LogP contribution in [-0.2, 0) is 4.79 Å². The summed E-state index contributed by atoms with van der Waals surface area (Å²) in [5.41, 5.74) is -0.425. The molecular formula is C5H8NO2S.